The van der Waals surface area contributed by atoms with Crippen LogP contribution in [0.15, 0.2) is 35.2 Å². The summed E-state index contributed by atoms with van der Waals surface area (Å²) in [5.74, 6) is 0.354. The zero-order valence-electron chi connectivity index (χ0n) is 11.1. The van der Waals surface area contributed by atoms with Crippen LogP contribution in [0, 0.1) is 0 Å². The minimum atomic E-state index is 0.0666. The van der Waals surface area contributed by atoms with E-state index in [0.29, 0.717) is 11.3 Å². The summed E-state index contributed by atoms with van der Waals surface area (Å²) < 4.78 is 2.32. The van der Waals surface area contributed by atoms with Crippen LogP contribution in [0.2, 0.25) is 0 Å². The van der Waals surface area contributed by atoms with Crippen molar-refractivity contribution in [3.8, 4) is 17.1 Å². The van der Waals surface area contributed by atoms with Crippen molar-refractivity contribution in [1.82, 2.24) is 19.6 Å². The Bertz CT molecular complexity index is 782. The quantitative estimate of drug-likeness (QED) is 0.781. The molecule has 0 aliphatic rings. The molecule has 0 saturated heterocycles. The molecule has 20 heavy (non-hydrogen) atoms. The van der Waals surface area contributed by atoms with Crippen molar-refractivity contribution in [2.45, 2.75) is 19.8 Å². The number of aromatic nitrogens is 4. The highest BCUT2D eigenvalue weighted by Crippen LogP contribution is 2.27. The van der Waals surface area contributed by atoms with Gasteiger partial charge in [0.25, 0.3) is 0 Å². The van der Waals surface area contributed by atoms with Gasteiger partial charge in [0.2, 0.25) is 5.88 Å². The molecule has 0 aromatic carbocycles. The smallest absolute Gasteiger partial charge is 0.216 e. The van der Waals surface area contributed by atoms with Gasteiger partial charge in [-0.05, 0) is 27.9 Å². The molecule has 0 fully saturated rings. The summed E-state index contributed by atoms with van der Waals surface area (Å²) in [4.78, 5) is 8.73. The van der Waals surface area contributed by atoms with E-state index in [1.807, 2.05) is 6.07 Å². The molecule has 5 nitrogen and oxygen atoms in total. The van der Waals surface area contributed by atoms with E-state index in [2.05, 4.69) is 44.8 Å². The van der Waals surface area contributed by atoms with Crippen LogP contribution in [0.3, 0.4) is 0 Å². The van der Waals surface area contributed by atoms with Crippen LogP contribution in [0.1, 0.15) is 25.3 Å². The topological polar surface area (TPSA) is 63.3 Å². The molecule has 3 rings (SSSR count). The molecule has 0 radical (unpaired) electrons. The van der Waals surface area contributed by atoms with E-state index in [0.717, 1.165) is 15.6 Å². The van der Waals surface area contributed by atoms with Gasteiger partial charge in [-0.15, -0.1) is 0 Å². The molecule has 6 heteroatoms. The zero-order chi connectivity index (χ0) is 14.3. The number of hydrogen-bond donors (Lipinski definition) is 1. The lowest BCUT2D eigenvalue weighted by Crippen LogP contribution is -1.96. The number of aromatic hydroxyl groups is 1. The molecule has 0 amide bonds. The van der Waals surface area contributed by atoms with Crippen LogP contribution < -0.4 is 0 Å². The van der Waals surface area contributed by atoms with Gasteiger partial charge in [0, 0.05) is 34.1 Å². The highest BCUT2D eigenvalue weighted by atomic mass is 79.9. The second-order valence-corrected chi connectivity index (χ2v) is 5.80. The molecule has 3 aromatic heterocycles. The minimum Gasteiger partial charge on any atom is -0.493 e. The molecule has 1 N–H and O–H groups in total. The molecule has 0 spiro atoms. The second-order valence-electron chi connectivity index (χ2n) is 4.88. The molecule has 0 aliphatic carbocycles. The number of fused-ring (bicyclic) bond motifs is 1. The third-order valence-corrected chi connectivity index (χ3v) is 3.54. The monoisotopic (exact) mass is 332 g/mol. The highest BCUT2D eigenvalue weighted by Gasteiger charge is 2.14. The predicted octanol–water partition coefficient (Wildman–Crippen LogP) is 3.38. The zero-order valence-corrected chi connectivity index (χ0v) is 12.7. The van der Waals surface area contributed by atoms with Crippen LogP contribution in [-0.2, 0) is 0 Å². The summed E-state index contributed by atoms with van der Waals surface area (Å²) in [7, 11) is 0. The minimum absolute atomic E-state index is 0.0666. The fourth-order valence-corrected chi connectivity index (χ4v) is 2.44. The first kappa shape index (κ1) is 13.1. The van der Waals surface area contributed by atoms with Gasteiger partial charge in [0.05, 0.1) is 11.9 Å². The second kappa shape index (κ2) is 4.86. The van der Waals surface area contributed by atoms with Gasteiger partial charge in [-0.2, -0.15) is 9.61 Å². The molecule has 0 bridgehead atoms. The lowest BCUT2D eigenvalue weighted by atomic mass is 10.1. The summed E-state index contributed by atoms with van der Waals surface area (Å²) in [5, 5.41) is 14.3. The first-order valence-electron chi connectivity index (χ1n) is 6.25. The van der Waals surface area contributed by atoms with Crippen molar-refractivity contribution in [2.24, 2.45) is 0 Å². The molecule has 0 atom stereocenters. The van der Waals surface area contributed by atoms with Crippen molar-refractivity contribution < 1.29 is 5.11 Å². The number of nitrogens with zero attached hydrogens (tertiary/aromatic N) is 4. The molecule has 102 valence electrons. The van der Waals surface area contributed by atoms with E-state index in [4.69, 9.17) is 0 Å². The van der Waals surface area contributed by atoms with E-state index in [-0.39, 0.29) is 11.8 Å². The van der Waals surface area contributed by atoms with Gasteiger partial charge in [0.15, 0.2) is 5.65 Å². The van der Waals surface area contributed by atoms with Gasteiger partial charge in [0.1, 0.15) is 0 Å². The number of halogens is 1. The lowest BCUT2D eigenvalue weighted by Gasteiger charge is -2.06. The summed E-state index contributed by atoms with van der Waals surface area (Å²) >= 11 is 3.39. The van der Waals surface area contributed by atoms with E-state index >= 15 is 0 Å². The fourth-order valence-electron chi connectivity index (χ4n) is 2.07. The summed E-state index contributed by atoms with van der Waals surface area (Å²) in [6.07, 6.45) is 5.17. The van der Waals surface area contributed by atoms with Gasteiger partial charge in [-0.3, -0.25) is 4.98 Å². The Hall–Kier alpha value is -1.95. The Morgan fingerprint density at radius 1 is 1.20 bits per heavy atom. The van der Waals surface area contributed by atoms with Gasteiger partial charge in [-0.1, -0.05) is 13.8 Å². The van der Waals surface area contributed by atoms with Crippen LogP contribution in [-0.4, -0.2) is 24.7 Å². The summed E-state index contributed by atoms with van der Waals surface area (Å²) in [6, 6.07) is 3.50. The van der Waals surface area contributed by atoms with Crippen molar-refractivity contribution in [3.05, 3.63) is 40.8 Å². The Labute approximate surface area is 124 Å². The van der Waals surface area contributed by atoms with Gasteiger partial charge in [-0.25, -0.2) is 4.98 Å². The summed E-state index contributed by atoms with van der Waals surface area (Å²) in [5.41, 5.74) is 3.19. The van der Waals surface area contributed by atoms with E-state index in [9.17, 15) is 5.11 Å². The molecule has 3 heterocycles. The van der Waals surface area contributed by atoms with E-state index in [1.54, 1.807) is 24.7 Å². The number of pyridine rings is 1. The highest BCUT2D eigenvalue weighted by molar-refractivity contribution is 9.10. The Morgan fingerprint density at radius 2 is 2.00 bits per heavy atom. The molecule has 0 unspecified atom stereocenters. The average Bonchev–Trinajstić information content (AvgIpc) is 2.83. The summed E-state index contributed by atoms with van der Waals surface area (Å²) in [6.45, 7) is 4.14. The Morgan fingerprint density at radius 3 is 2.70 bits per heavy atom. The largest absolute Gasteiger partial charge is 0.493 e. The van der Waals surface area contributed by atoms with Crippen molar-refractivity contribution in [1.29, 1.82) is 0 Å². The maximum absolute atomic E-state index is 10.1. The van der Waals surface area contributed by atoms with Crippen molar-refractivity contribution in [3.63, 3.8) is 0 Å². The molecule has 0 saturated carbocycles. The predicted molar refractivity (Wildman–Crippen MR) is 79.7 cm³/mol. The van der Waals surface area contributed by atoms with Crippen LogP contribution in [0.5, 0.6) is 5.88 Å². The maximum atomic E-state index is 10.1. The molecule has 0 aliphatic heterocycles. The molecular formula is C14H13BrN4O. The van der Waals surface area contributed by atoms with Crippen molar-refractivity contribution >= 4 is 21.6 Å². The Kier molecular flexibility index (Phi) is 3.17. The van der Waals surface area contributed by atoms with Crippen LogP contribution in [0.4, 0.5) is 0 Å². The third-order valence-electron chi connectivity index (χ3n) is 3.10. The van der Waals surface area contributed by atoms with Gasteiger partial charge >= 0.3 is 0 Å². The standard InChI is InChI=1S/C14H13BrN4O/c1-8(2)11-7-17-19-13(20)4-12(18-14(11)19)9-3-10(15)6-16-5-9/h3-8,20H,1-2H3. The SMILES string of the molecule is CC(C)c1cnn2c(O)cc(-c3cncc(Br)c3)nc12. The van der Waals surface area contributed by atoms with Gasteiger partial charge < -0.3 is 5.11 Å². The van der Waals surface area contributed by atoms with E-state index in [1.165, 1.54) is 4.52 Å². The van der Waals surface area contributed by atoms with E-state index < -0.39 is 0 Å². The third kappa shape index (κ3) is 2.16. The Balaban J connectivity index is 2.25. The lowest BCUT2D eigenvalue weighted by molar-refractivity contribution is 0.435. The normalized spacial score (nSPS) is 11.4. The maximum Gasteiger partial charge on any atom is 0.216 e. The first-order valence-corrected chi connectivity index (χ1v) is 7.04. The van der Waals surface area contributed by atoms with Crippen molar-refractivity contribution in [2.75, 3.05) is 0 Å². The molecule has 3 aromatic rings. The number of rotatable bonds is 2. The first-order chi connectivity index (χ1) is 9.56. The molecular weight excluding hydrogens is 320 g/mol. The van der Waals surface area contributed by atoms with Crippen LogP contribution in [0.25, 0.3) is 16.9 Å². The number of hydrogen-bond acceptors (Lipinski definition) is 4. The fraction of sp³-hybridized carbons (Fsp3) is 0.214. The van der Waals surface area contributed by atoms with Crippen LogP contribution >= 0.6 is 15.9 Å². The average molecular weight is 333 g/mol.